The maximum atomic E-state index is 12.9. The summed E-state index contributed by atoms with van der Waals surface area (Å²) in [5.41, 5.74) is 6.70. The van der Waals surface area contributed by atoms with E-state index in [1.54, 1.807) is 0 Å². The Morgan fingerprint density at radius 2 is 1.76 bits per heavy atom. The summed E-state index contributed by atoms with van der Waals surface area (Å²) in [5, 5.41) is 9.19. The molecule has 1 fully saturated rings. The lowest BCUT2D eigenvalue weighted by Gasteiger charge is -2.25. The summed E-state index contributed by atoms with van der Waals surface area (Å²) in [4.78, 5) is 12.9. The van der Waals surface area contributed by atoms with E-state index in [2.05, 4.69) is 5.43 Å². The van der Waals surface area contributed by atoms with Gasteiger partial charge in [0.05, 0.1) is 24.8 Å². The minimum absolute atomic E-state index is 0.0655. The molecule has 29 heavy (non-hydrogen) atoms. The average molecular weight is 432 g/mol. The van der Waals surface area contributed by atoms with Crippen LogP contribution in [0.3, 0.4) is 0 Å². The number of nitrogens with one attached hydrogen (secondary N) is 2. The van der Waals surface area contributed by atoms with Gasteiger partial charge in [-0.05, 0) is 67.6 Å². The van der Waals surface area contributed by atoms with Crippen molar-refractivity contribution >= 4 is 40.5 Å². The van der Waals surface area contributed by atoms with Crippen LogP contribution < -0.4 is 15.4 Å². The first kappa shape index (κ1) is 20.2. The maximum Gasteiger partial charge on any atom is 0.312 e. The summed E-state index contributed by atoms with van der Waals surface area (Å²) in [6.07, 6.45) is 4.07. The van der Waals surface area contributed by atoms with Crippen LogP contribution in [0.5, 0.6) is 0 Å². The lowest BCUT2D eigenvalue weighted by Crippen LogP contribution is -3.20. The number of benzene rings is 2. The number of carbonyl (C=O) groups is 1. The highest BCUT2D eigenvalue weighted by Gasteiger charge is 2.34. The van der Waals surface area contributed by atoms with Crippen LogP contribution in [0.2, 0.25) is 10.0 Å². The number of hydrogen-bond donors (Lipinski definition) is 2. The number of aryl methyl sites for hydroxylation is 1. The van der Waals surface area contributed by atoms with Crippen molar-refractivity contribution in [2.24, 2.45) is 5.10 Å². The van der Waals surface area contributed by atoms with Gasteiger partial charge in [0.25, 0.3) is 0 Å². The van der Waals surface area contributed by atoms with Crippen LogP contribution in [0.4, 0.5) is 5.69 Å². The number of amides is 1. The van der Waals surface area contributed by atoms with E-state index in [0.717, 1.165) is 47.8 Å². The van der Waals surface area contributed by atoms with Gasteiger partial charge in [-0.1, -0.05) is 35.3 Å². The summed E-state index contributed by atoms with van der Waals surface area (Å²) in [6, 6.07) is 13.4. The molecule has 0 saturated carbocycles. The monoisotopic (exact) mass is 431 g/mol. The Bertz CT molecular complexity index is 923. The van der Waals surface area contributed by atoms with Gasteiger partial charge in [-0.3, -0.25) is 9.80 Å². The molecule has 2 heterocycles. The molecular formula is C22H25Cl2N4O+. The zero-order valence-electron chi connectivity index (χ0n) is 16.4. The third kappa shape index (κ3) is 4.58. The predicted molar refractivity (Wildman–Crippen MR) is 118 cm³/mol. The Kier molecular flexibility index (Phi) is 6.09. The Morgan fingerprint density at radius 1 is 1.07 bits per heavy atom. The van der Waals surface area contributed by atoms with Crippen molar-refractivity contribution < 1.29 is 9.80 Å². The van der Waals surface area contributed by atoms with Gasteiger partial charge in [0.15, 0.2) is 0 Å². The van der Waals surface area contributed by atoms with Crippen molar-refractivity contribution in [1.82, 2.24) is 5.43 Å². The zero-order chi connectivity index (χ0) is 20.4. The van der Waals surface area contributed by atoms with Gasteiger partial charge >= 0.3 is 5.91 Å². The fraction of sp³-hybridized carbons (Fsp3) is 0.364. The number of hydrogen-bond acceptors (Lipinski definition) is 3. The summed E-state index contributed by atoms with van der Waals surface area (Å²) in [7, 11) is 0. The quantitative estimate of drug-likeness (QED) is 0.774. The van der Waals surface area contributed by atoms with Crippen molar-refractivity contribution in [3.05, 3.63) is 63.6 Å². The molecule has 0 aliphatic carbocycles. The molecule has 1 atom stereocenters. The van der Waals surface area contributed by atoms with E-state index in [1.807, 2.05) is 54.4 Å². The van der Waals surface area contributed by atoms with Crippen molar-refractivity contribution in [2.45, 2.75) is 38.6 Å². The Hall–Kier alpha value is -2.08. The second-order valence-corrected chi connectivity index (χ2v) is 8.58. The van der Waals surface area contributed by atoms with Crippen LogP contribution >= 0.6 is 23.2 Å². The second-order valence-electron chi connectivity index (χ2n) is 7.71. The van der Waals surface area contributed by atoms with Crippen LogP contribution in [-0.4, -0.2) is 24.7 Å². The van der Waals surface area contributed by atoms with Gasteiger partial charge in [0.2, 0.25) is 0 Å². The standard InChI is InChI=1S/C22H24Cl2N4O/c1-15-13-18(24)9-10-20(15)28-21(16-5-7-17(23)8-6-16)14-19(25-28)22(29)26-27-11-3-2-4-12-27/h5-10,13,21H,2-4,11-12,14H2,1H3,(H,26,29)/p+1. The first-order chi connectivity index (χ1) is 14.0. The molecule has 0 aromatic heterocycles. The van der Waals surface area contributed by atoms with Crippen LogP contribution in [0.25, 0.3) is 0 Å². The summed E-state index contributed by atoms with van der Waals surface area (Å²) in [5.74, 6) is -0.0880. The highest BCUT2D eigenvalue weighted by atomic mass is 35.5. The third-order valence-corrected chi connectivity index (χ3v) is 6.07. The van der Waals surface area contributed by atoms with Crippen molar-refractivity contribution in [3.63, 3.8) is 0 Å². The number of quaternary nitrogens is 1. The number of nitrogens with zero attached hydrogens (tertiary/aromatic N) is 2. The molecule has 2 aliphatic rings. The smallest absolute Gasteiger partial charge is 0.263 e. The van der Waals surface area contributed by atoms with Crippen molar-refractivity contribution in [1.29, 1.82) is 0 Å². The molecule has 2 aliphatic heterocycles. The Morgan fingerprint density at radius 3 is 2.45 bits per heavy atom. The van der Waals surface area contributed by atoms with E-state index in [0.29, 0.717) is 22.2 Å². The number of anilines is 1. The van der Waals surface area contributed by atoms with E-state index in [4.69, 9.17) is 28.3 Å². The van der Waals surface area contributed by atoms with Gasteiger partial charge in [-0.2, -0.15) is 10.5 Å². The van der Waals surface area contributed by atoms with Gasteiger partial charge in [0, 0.05) is 16.5 Å². The van der Waals surface area contributed by atoms with Crippen LogP contribution in [0, 0.1) is 6.92 Å². The third-order valence-electron chi connectivity index (χ3n) is 5.58. The molecular weight excluding hydrogens is 407 g/mol. The summed E-state index contributed by atoms with van der Waals surface area (Å²) < 4.78 is 0. The highest BCUT2D eigenvalue weighted by Crippen LogP contribution is 2.37. The van der Waals surface area contributed by atoms with Crippen LogP contribution in [0.1, 0.15) is 42.9 Å². The molecule has 2 aromatic rings. The van der Waals surface area contributed by atoms with Gasteiger partial charge in [0.1, 0.15) is 5.71 Å². The first-order valence-electron chi connectivity index (χ1n) is 10.1. The topological polar surface area (TPSA) is 49.1 Å². The largest absolute Gasteiger partial charge is 0.312 e. The normalized spacial score (nSPS) is 19.9. The van der Waals surface area contributed by atoms with Gasteiger partial charge in [-0.15, -0.1) is 0 Å². The minimum Gasteiger partial charge on any atom is -0.263 e. The van der Waals surface area contributed by atoms with E-state index in [9.17, 15) is 4.79 Å². The Labute approximate surface area is 181 Å². The zero-order valence-corrected chi connectivity index (χ0v) is 17.9. The fourth-order valence-corrected chi connectivity index (χ4v) is 4.38. The summed E-state index contributed by atoms with van der Waals surface area (Å²) in [6.45, 7) is 3.95. The molecule has 0 bridgehead atoms. The lowest BCUT2D eigenvalue weighted by atomic mass is 10.0. The lowest BCUT2D eigenvalue weighted by molar-refractivity contribution is -0.940. The van der Waals surface area contributed by atoms with Crippen LogP contribution in [-0.2, 0) is 4.79 Å². The molecule has 1 saturated heterocycles. The van der Waals surface area contributed by atoms with Crippen molar-refractivity contribution in [3.8, 4) is 0 Å². The highest BCUT2D eigenvalue weighted by molar-refractivity contribution is 6.39. The summed E-state index contributed by atoms with van der Waals surface area (Å²) >= 11 is 12.2. The first-order valence-corrected chi connectivity index (χ1v) is 10.8. The molecule has 0 spiro atoms. The van der Waals surface area contributed by atoms with E-state index >= 15 is 0 Å². The average Bonchev–Trinajstić information content (AvgIpc) is 3.14. The predicted octanol–water partition coefficient (Wildman–Crippen LogP) is 3.71. The number of hydrazone groups is 1. The maximum absolute atomic E-state index is 12.9. The molecule has 4 rings (SSSR count). The van der Waals surface area contributed by atoms with E-state index in [-0.39, 0.29) is 11.9 Å². The Balaban J connectivity index is 1.62. The fourth-order valence-electron chi connectivity index (χ4n) is 4.03. The molecule has 1 unspecified atom stereocenters. The van der Waals surface area contributed by atoms with E-state index < -0.39 is 0 Å². The molecule has 152 valence electrons. The molecule has 2 N–H and O–H groups in total. The molecule has 7 heteroatoms. The second kappa shape index (κ2) is 8.74. The van der Waals surface area contributed by atoms with Crippen LogP contribution in [0.15, 0.2) is 47.6 Å². The van der Waals surface area contributed by atoms with Crippen molar-refractivity contribution in [2.75, 3.05) is 18.1 Å². The molecule has 1 amide bonds. The van der Waals surface area contributed by atoms with E-state index in [1.165, 1.54) is 6.42 Å². The van der Waals surface area contributed by atoms with Gasteiger partial charge in [-0.25, -0.2) is 5.01 Å². The number of rotatable bonds is 4. The number of halogens is 2. The minimum atomic E-state index is -0.0880. The SMILES string of the molecule is Cc1cc(Cl)ccc1N1N=C(C(=O)N[NH+]2CCCCC2)CC1c1ccc(Cl)cc1. The molecule has 5 nitrogen and oxygen atoms in total. The number of piperidine rings is 1. The number of carbonyl (C=O) groups excluding carboxylic acids is 1. The molecule has 2 aromatic carbocycles. The molecule has 0 radical (unpaired) electrons. The van der Waals surface area contributed by atoms with Gasteiger partial charge < -0.3 is 0 Å².